The number of nitrogens with zero attached hydrogens (tertiary/aromatic N) is 3. The Kier molecular flexibility index (Phi) is 5.43. The molecule has 2 aromatic heterocycles. The zero-order valence-corrected chi connectivity index (χ0v) is 16.1. The fourth-order valence-corrected chi connectivity index (χ4v) is 4.06. The van der Waals surface area contributed by atoms with Crippen molar-refractivity contribution in [2.75, 3.05) is 18.0 Å². The van der Waals surface area contributed by atoms with Crippen LogP contribution in [0.5, 0.6) is 0 Å². The molecular weight excluding hydrogens is 372 g/mol. The van der Waals surface area contributed by atoms with E-state index in [1.54, 1.807) is 11.1 Å². The third-order valence-corrected chi connectivity index (χ3v) is 5.58. The van der Waals surface area contributed by atoms with Crippen LogP contribution >= 0.6 is 11.3 Å². The number of thiazole rings is 1. The van der Waals surface area contributed by atoms with E-state index < -0.39 is 0 Å². The van der Waals surface area contributed by atoms with Gasteiger partial charge in [-0.25, -0.2) is 4.98 Å². The Balaban J connectivity index is 1.25. The molecule has 7 heteroatoms. The van der Waals surface area contributed by atoms with Crippen LogP contribution in [0, 0.1) is 0 Å². The zero-order chi connectivity index (χ0) is 19.3. The minimum atomic E-state index is -0.145. The van der Waals surface area contributed by atoms with Crippen LogP contribution in [0.15, 0.2) is 54.0 Å². The lowest BCUT2D eigenvalue weighted by molar-refractivity contribution is -0.124. The summed E-state index contributed by atoms with van der Waals surface area (Å²) >= 11 is 1.52. The monoisotopic (exact) mass is 392 g/mol. The largest absolute Gasteiger partial charge is 0.347 e. The van der Waals surface area contributed by atoms with E-state index in [1.807, 2.05) is 47.8 Å². The molecule has 3 heterocycles. The molecule has 6 nitrogen and oxygen atoms in total. The van der Waals surface area contributed by atoms with Gasteiger partial charge in [0.1, 0.15) is 5.01 Å². The van der Waals surface area contributed by atoms with Gasteiger partial charge >= 0.3 is 0 Å². The van der Waals surface area contributed by atoms with Gasteiger partial charge in [-0.1, -0.05) is 24.3 Å². The molecule has 2 amide bonds. The first kappa shape index (κ1) is 18.3. The summed E-state index contributed by atoms with van der Waals surface area (Å²) in [6.07, 6.45) is 3.43. The number of hydrogen-bond acceptors (Lipinski definition) is 5. The van der Waals surface area contributed by atoms with Crippen LogP contribution in [0.25, 0.3) is 10.7 Å². The molecule has 0 spiro atoms. The van der Waals surface area contributed by atoms with Crippen molar-refractivity contribution in [1.29, 1.82) is 0 Å². The average Bonchev–Trinajstić information content (AvgIpc) is 3.38. The molecule has 0 saturated heterocycles. The molecule has 0 atom stereocenters. The number of aromatic nitrogens is 2. The van der Waals surface area contributed by atoms with Gasteiger partial charge in [0.25, 0.3) is 0 Å². The van der Waals surface area contributed by atoms with Crippen molar-refractivity contribution in [3.8, 4) is 10.7 Å². The van der Waals surface area contributed by atoms with Crippen LogP contribution in [-0.2, 0) is 22.4 Å². The van der Waals surface area contributed by atoms with Gasteiger partial charge in [0.05, 0.1) is 17.9 Å². The lowest BCUT2D eigenvalue weighted by atomic mass is 10.2. The first-order valence-electron chi connectivity index (χ1n) is 9.21. The molecule has 0 bridgehead atoms. The normalized spacial score (nSPS) is 12.6. The van der Waals surface area contributed by atoms with Crippen molar-refractivity contribution < 1.29 is 9.59 Å². The molecule has 4 rings (SSSR count). The molecule has 1 aromatic carbocycles. The number of fused-ring (bicyclic) bond motifs is 1. The summed E-state index contributed by atoms with van der Waals surface area (Å²) < 4.78 is 0. The maximum atomic E-state index is 12.4. The molecule has 28 heavy (non-hydrogen) atoms. The Bertz CT molecular complexity index is 987. The van der Waals surface area contributed by atoms with Crippen LogP contribution in [0.3, 0.4) is 0 Å². The summed E-state index contributed by atoms with van der Waals surface area (Å²) in [5, 5.41) is 5.53. The minimum Gasteiger partial charge on any atom is -0.347 e. The SMILES string of the molecule is O=C(CCc1csc(-c2ccccn2)n1)NCC(=O)N1CCc2ccccc21. The van der Waals surface area contributed by atoms with E-state index in [2.05, 4.69) is 15.3 Å². The summed E-state index contributed by atoms with van der Waals surface area (Å²) in [7, 11) is 0. The number of carbonyl (C=O) groups is 2. The fourth-order valence-electron chi connectivity index (χ4n) is 3.23. The van der Waals surface area contributed by atoms with E-state index in [1.165, 1.54) is 16.9 Å². The number of benzene rings is 1. The zero-order valence-electron chi connectivity index (χ0n) is 15.3. The molecule has 142 valence electrons. The molecule has 1 aliphatic rings. The molecule has 0 aliphatic carbocycles. The number of carbonyl (C=O) groups excluding carboxylic acids is 2. The van der Waals surface area contributed by atoms with Crippen molar-refractivity contribution >= 4 is 28.8 Å². The van der Waals surface area contributed by atoms with Gasteiger partial charge < -0.3 is 10.2 Å². The third kappa shape index (κ3) is 4.09. The van der Waals surface area contributed by atoms with Crippen LogP contribution < -0.4 is 10.2 Å². The standard InChI is InChI=1S/C21H20N4O2S/c26-19(9-8-16-14-28-21(24-16)17-6-3-4-11-22-17)23-13-20(27)25-12-10-15-5-1-2-7-18(15)25/h1-7,11,14H,8-10,12-13H2,(H,23,26). The number of hydrogen-bond donors (Lipinski definition) is 1. The van der Waals surface area contributed by atoms with Crippen LogP contribution in [-0.4, -0.2) is 34.9 Å². The molecule has 3 aromatic rings. The summed E-state index contributed by atoms with van der Waals surface area (Å²) in [5.41, 5.74) is 3.82. The highest BCUT2D eigenvalue weighted by molar-refractivity contribution is 7.13. The fraction of sp³-hybridized carbons (Fsp3) is 0.238. The number of rotatable bonds is 6. The maximum Gasteiger partial charge on any atom is 0.246 e. The van der Waals surface area contributed by atoms with Crippen molar-refractivity contribution in [2.45, 2.75) is 19.3 Å². The maximum absolute atomic E-state index is 12.4. The Hall–Kier alpha value is -3.06. The highest BCUT2D eigenvalue weighted by Gasteiger charge is 2.24. The minimum absolute atomic E-state index is 0.0173. The molecule has 0 saturated carbocycles. The molecule has 1 aliphatic heterocycles. The Labute approximate surface area is 167 Å². The van der Waals surface area contributed by atoms with Gasteiger partial charge in [-0.2, -0.15) is 0 Å². The summed E-state index contributed by atoms with van der Waals surface area (Å²) in [5.74, 6) is -0.224. The summed E-state index contributed by atoms with van der Waals surface area (Å²) in [6, 6.07) is 13.6. The topological polar surface area (TPSA) is 75.2 Å². The second-order valence-corrected chi connectivity index (χ2v) is 7.42. The smallest absolute Gasteiger partial charge is 0.246 e. The van der Waals surface area contributed by atoms with Crippen molar-refractivity contribution in [2.24, 2.45) is 0 Å². The van der Waals surface area contributed by atoms with Gasteiger partial charge in [-0.05, 0) is 36.6 Å². The predicted molar refractivity (Wildman–Crippen MR) is 109 cm³/mol. The number of amides is 2. The van der Waals surface area contributed by atoms with E-state index in [-0.39, 0.29) is 18.4 Å². The molecular formula is C21H20N4O2S. The number of para-hydroxylation sites is 1. The average molecular weight is 392 g/mol. The van der Waals surface area contributed by atoms with Gasteiger partial charge in [0.15, 0.2) is 0 Å². The van der Waals surface area contributed by atoms with Crippen molar-refractivity contribution in [3.05, 3.63) is 65.3 Å². The van der Waals surface area contributed by atoms with Crippen molar-refractivity contribution in [1.82, 2.24) is 15.3 Å². The van der Waals surface area contributed by atoms with E-state index in [0.717, 1.165) is 28.5 Å². The molecule has 0 radical (unpaired) electrons. The third-order valence-electron chi connectivity index (χ3n) is 4.67. The number of aryl methyl sites for hydroxylation is 1. The Morgan fingerprint density at radius 1 is 1.14 bits per heavy atom. The van der Waals surface area contributed by atoms with Gasteiger partial charge in [0.2, 0.25) is 11.8 Å². The van der Waals surface area contributed by atoms with Crippen molar-refractivity contribution in [3.63, 3.8) is 0 Å². The Morgan fingerprint density at radius 3 is 2.86 bits per heavy atom. The second kappa shape index (κ2) is 8.31. The van der Waals surface area contributed by atoms with E-state index in [9.17, 15) is 9.59 Å². The molecule has 0 unspecified atom stereocenters. The first-order valence-corrected chi connectivity index (χ1v) is 10.1. The van der Waals surface area contributed by atoms with Gasteiger partial charge in [-0.3, -0.25) is 14.6 Å². The van der Waals surface area contributed by atoms with Crippen LogP contribution in [0.4, 0.5) is 5.69 Å². The lowest BCUT2D eigenvalue weighted by Crippen LogP contribution is -2.39. The Morgan fingerprint density at radius 2 is 2.00 bits per heavy atom. The first-order chi connectivity index (χ1) is 13.7. The van der Waals surface area contributed by atoms with E-state index >= 15 is 0 Å². The summed E-state index contributed by atoms with van der Waals surface area (Å²) in [4.78, 5) is 35.1. The molecule has 1 N–H and O–H groups in total. The number of pyridine rings is 1. The predicted octanol–water partition coefficient (Wildman–Crippen LogP) is 2.84. The quantitative estimate of drug-likeness (QED) is 0.700. The van der Waals surface area contributed by atoms with Gasteiger partial charge in [-0.15, -0.1) is 11.3 Å². The molecule has 0 fully saturated rings. The van der Waals surface area contributed by atoms with E-state index in [4.69, 9.17) is 0 Å². The highest BCUT2D eigenvalue weighted by Crippen LogP contribution is 2.27. The summed E-state index contributed by atoms with van der Waals surface area (Å²) in [6.45, 7) is 0.687. The van der Waals surface area contributed by atoms with Gasteiger partial charge in [0, 0.05) is 30.2 Å². The van der Waals surface area contributed by atoms with Crippen LogP contribution in [0.2, 0.25) is 0 Å². The lowest BCUT2D eigenvalue weighted by Gasteiger charge is -2.17. The number of anilines is 1. The highest BCUT2D eigenvalue weighted by atomic mass is 32.1. The number of nitrogens with one attached hydrogen (secondary N) is 1. The van der Waals surface area contributed by atoms with E-state index in [0.29, 0.717) is 19.4 Å². The second-order valence-electron chi connectivity index (χ2n) is 6.56. The van der Waals surface area contributed by atoms with Crippen LogP contribution in [0.1, 0.15) is 17.7 Å².